The molecule has 0 bridgehead atoms. The Labute approximate surface area is 181 Å². The first-order valence-electron chi connectivity index (χ1n) is 10.1. The second kappa shape index (κ2) is 9.25. The molecule has 1 amide bonds. The lowest BCUT2D eigenvalue weighted by molar-refractivity contribution is -0.00946. The van der Waals surface area contributed by atoms with Crippen molar-refractivity contribution >= 4 is 16.2 Å². The lowest BCUT2D eigenvalue weighted by Crippen LogP contribution is -2.52. The fourth-order valence-electron chi connectivity index (χ4n) is 3.72. The number of hydrogen-bond donors (Lipinski definition) is 0. The Morgan fingerprint density at radius 2 is 1.87 bits per heavy atom. The van der Waals surface area contributed by atoms with Gasteiger partial charge >= 0.3 is 6.09 Å². The van der Waals surface area contributed by atoms with Gasteiger partial charge in [-0.3, -0.25) is 4.18 Å². The Morgan fingerprint density at radius 1 is 1.10 bits per heavy atom. The third-order valence-corrected chi connectivity index (χ3v) is 5.84. The van der Waals surface area contributed by atoms with Gasteiger partial charge in [-0.05, 0) is 28.8 Å². The van der Waals surface area contributed by atoms with Crippen LogP contribution in [0.15, 0.2) is 48.5 Å². The quantitative estimate of drug-likeness (QED) is 0.629. The zero-order chi connectivity index (χ0) is 21.8. The summed E-state index contributed by atoms with van der Waals surface area (Å²) in [6.07, 6.45) is -0.470. The van der Waals surface area contributed by atoms with Crippen molar-refractivity contribution in [3.8, 4) is 5.75 Å². The van der Waals surface area contributed by atoms with Crippen LogP contribution >= 0.6 is 0 Å². The Kier molecular flexibility index (Phi) is 6.45. The Hall–Kier alpha value is -2.62. The maximum absolute atomic E-state index is 12.5. The number of rotatable bonds is 6. The topological polar surface area (TPSA) is 91.4 Å². The van der Waals surface area contributed by atoms with Crippen molar-refractivity contribution in [2.75, 3.05) is 19.3 Å². The number of likely N-dealkylation sites (tertiary alicyclic amines) is 1. The van der Waals surface area contributed by atoms with Gasteiger partial charge in [0.1, 0.15) is 24.6 Å². The van der Waals surface area contributed by atoms with Gasteiger partial charge in [0, 0.05) is 13.0 Å². The van der Waals surface area contributed by atoms with Crippen molar-refractivity contribution in [3.05, 3.63) is 65.2 Å². The Morgan fingerprint density at radius 3 is 2.65 bits per heavy atom. The Bertz CT molecular complexity index is 1030. The van der Waals surface area contributed by atoms with E-state index in [1.807, 2.05) is 48.5 Å². The third-order valence-electron chi connectivity index (χ3n) is 5.24. The summed E-state index contributed by atoms with van der Waals surface area (Å²) in [5.74, 6) is 0.622. The highest BCUT2D eigenvalue weighted by molar-refractivity contribution is 7.86. The summed E-state index contributed by atoms with van der Waals surface area (Å²) in [4.78, 5) is 14.0. The van der Waals surface area contributed by atoms with Crippen LogP contribution in [0.2, 0.25) is 0 Å². The van der Waals surface area contributed by atoms with E-state index in [-0.39, 0.29) is 13.2 Å². The molecule has 9 heteroatoms. The Balaban J connectivity index is 1.41. The predicted molar refractivity (Wildman–Crippen MR) is 112 cm³/mol. The fourth-order valence-corrected chi connectivity index (χ4v) is 4.35. The molecule has 0 N–H and O–H groups in total. The maximum Gasteiger partial charge on any atom is 0.410 e. The predicted octanol–water partition coefficient (Wildman–Crippen LogP) is 2.85. The molecule has 0 aliphatic carbocycles. The average molecular weight is 448 g/mol. The van der Waals surface area contributed by atoms with Crippen LogP contribution in [-0.2, 0) is 43.6 Å². The molecule has 0 spiro atoms. The highest BCUT2D eigenvalue weighted by Gasteiger charge is 2.36. The summed E-state index contributed by atoms with van der Waals surface area (Å²) in [7, 11) is -3.74. The number of amides is 1. The van der Waals surface area contributed by atoms with Crippen LogP contribution in [0.4, 0.5) is 4.79 Å². The fraction of sp³-hybridized carbons (Fsp3) is 0.409. The van der Waals surface area contributed by atoms with Gasteiger partial charge < -0.3 is 19.1 Å². The van der Waals surface area contributed by atoms with E-state index < -0.39 is 28.4 Å². The molecule has 166 valence electrons. The van der Waals surface area contributed by atoms with Crippen LogP contribution in [0.25, 0.3) is 0 Å². The van der Waals surface area contributed by atoms with E-state index in [0.717, 1.165) is 22.9 Å². The summed E-state index contributed by atoms with van der Waals surface area (Å²) in [6, 6.07) is 15.0. The molecule has 1 saturated heterocycles. The molecule has 2 aliphatic rings. The summed E-state index contributed by atoms with van der Waals surface area (Å²) in [6.45, 7) is 1.68. The number of carbonyl (C=O) groups excluding carboxylic acids is 1. The molecule has 8 nitrogen and oxygen atoms in total. The second-order valence-corrected chi connectivity index (χ2v) is 9.29. The van der Waals surface area contributed by atoms with Crippen LogP contribution < -0.4 is 4.74 Å². The zero-order valence-corrected chi connectivity index (χ0v) is 18.0. The van der Waals surface area contributed by atoms with Gasteiger partial charge in [-0.15, -0.1) is 0 Å². The van der Waals surface area contributed by atoms with Crippen LogP contribution in [0.1, 0.15) is 23.1 Å². The van der Waals surface area contributed by atoms with Crippen LogP contribution in [0, 0.1) is 0 Å². The minimum absolute atomic E-state index is 0.0550. The molecule has 31 heavy (non-hydrogen) atoms. The number of piperidine rings is 1. The van der Waals surface area contributed by atoms with Crippen molar-refractivity contribution in [2.24, 2.45) is 0 Å². The van der Waals surface area contributed by atoms with E-state index in [4.69, 9.17) is 18.4 Å². The van der Waals surface area contributed by atoms with Crippen LogP contribution in [0.5, 0.6) is 5.75 Å². The zero-order valence-electron chi connectivity index (χ0n) is 17.2. The number of carbonyl (C=O) groups is 1. The first-order valence-corrected chi connectivity index (χ1v) is 11.9. The molecule has 0 radical (unpaired) electrons. The summed E-state index contributed by atoms with van der Waals surface area (Å²) < 4.78 is 45.8. The number of hydrogen-bond acceptors (Lipinski definition) is 7. The maximum atomic E-state index is 12.5. The highest BCUT2D eigenvalue weighted by atomic mass is 32.2. The second-order valence-electron chi connectivity index (χ2n) is 7.69. The minimum atomic E-state index is -3.74. The largest absolute Gasteiger partial charge is 0.488 e. The normalized spacial score (nSPS) is 20.9. The number of nitrogens with zero attached hydrogens (tertiary/aromatic N) is 1. The molecule has 2 aliphatic heterocycles. The van der Waals surface area contributed by atoms with E-state index in [9.17, 15) is 13.2 Å². The highest BCUT2D eigenvalue weighted by Crippen LogP contribution is 2.28. The SMILES string of the molecule is CS(=O)(=O)OC1CN(C(=O)OCc2ccccc2)CCC1Oc1ccc2c(c1)COC2. The van der Waals surface area contributed by atoms with Gasteiger partial charge in [0.15, 0.2) is 0 Å². The summed E-state index contributed by atoms with van der Waals surface area (Å²) in [5, 5.41) is 0. The van der Waals surface area contributed by atoms with E-state index >= 15 is 0 Å². The van der Waals surface area contributed by atoms with E-state index in [2.05, 4.69) is 0 Å². The molecule has 2 heterocycles. The lowest BCUT2D eigenvalue weighted by Gasteiger charge is -2.37. The van der Waals surface area contributed by atoms with E-state index in [1.165, 1.54) is 4.90 Å². The number of ether oxygens (including phenoxy) is 3. The van der Waals surface area contributed by atoms with Gasteiger partial charge in [0.2, 0.25) is 0 Å². The third kappa shape index (κ3) is 5.75. The van der Waals surface area contributed by atoms with Crippen LogP contribution in [0.3, 0.4) is 0 Å². The molecule has 1 fully saturated rings. The smallest absolute Gasteiger partial charge is 0.410 e. The molecule has 2 aromatic carbocycles. The molecule has 2 atom stereocenters. The summed E-state index contributed by atoms with van der Waals surface area (Å²) >= 11 is 0. The first-order chi connectivity index (χ1) is 14.9. The molecule has 0 saturated carbocycles. The van der Waals surface area contributed by atoms with E-state index in [1.54, 1.807) is 0 Å². The molecule has 2 unspecified atom stereocenters. The van der Waals surface area contributed by atoms with Gasteiger partial charge in [-0.1, -0.05) is 36.4 Å². The standard InChI is InChI=1S/C22H25NO7S/c1-31(25,26)30-21-12-23(22(24)28-13-16-5-3-2-4-6-16)10-9-20(21)29-19-8-7-17-14-27-15-18(17)11-19/h2-8,11,20-21H,9-10,12-15H2,1H3. The van der Waals surface area contributed by atoms with Crippen molar-refractivity contribution in [1.82, 2.24) is 4.90 Å². The van der Waals surface area contributed by atoms with Gasteiger partial charge in [0.25, 0.3) is 10.1 Å². The molecule has 4 rings (SSSR count). The average Bonchev–Trinajstić information content (AvgIpc) is 3.21. The molecular formula is C22H25NO7S. The summed E-state index contributed by atoms with van der Waals surface area (Å²) in [5.41, 5.74) is 3.05. The van der Waals surface area contributed by atoms with Crippen molar-refractivity contribution in [1.29, 1.82) is 0 Å². The molecular weight excluding hydrogens is 422 g/mol. The van der Waals surface area contributed by atoms with Crippen molar-refractivity contribution in [3.63, 3.8) is 0 Å². The van der Waals surface area contributed by atoms with E-state index in [0.29, 0.717) is 31.9 Å². The van der Waals surface area contributed by atoms with Crippen LogP contribution in [-0.4, -0.2) is 51.0 Å². The van der Waals surface area contributed by atoms with Gasteiger partial charge in [-0.2, -0.15) is 8.42 Å². The minimum Gasteiger partial charge on any atom is -0.488 e. The van der Waals surface area contributed by atoms with Gasteiger partial charge in [-0.25, -0.2) is 4.79 Å². The molecule has 0 aromatic heterocycles. The first kappa shape index (κ1) is 21.6. The molecule has 2 aromatic rings. The lowest BCUT2D eigenvalue weighted by atomic mass is 10.0. The van der Waals surface area contributed by atoms with Gasteiger partial charge in [0.05, 0.1) is 26.0 Å². The monoisotopic (exact) mass is 447 g/mol. The van der Waals surface area contributed by atoms with Crippen molar-refractivity contribution < 1.29 is 31.6 Å². The number of benzene rings is 2. The number of fused-ring (bicyclic) bond motifs is 1. The van der Waals surface area contributed by atoms with Crippen molar-refractivity contribution in [2.45, 2.75) is 38.4 Å².